The number of amides is 1. The Kier molecular flexibility index (Phi) is 9.29. The smallest absolute Gasteiger partial charge is 0.497 e. The molecule has 1 amide bonds. The number of para-hydroxylation sites is 1. The molecule has 3 aromatic rings. The minimum Gasteiger partial charge on any atom is -0.497 e. The minimum atomic E-state index is -3.91. The third kappa shape index (κ3) is 9.11. The summed E-state index contributed by atoms with van der Waals surface area (Å²) in [5.41, 5.74) is -0.310. The molecule has 10 nitrogen and oxygen atoms in total. The van der Waals surface area contributed by atoms with E-state index in [1.54, 1.807) is 71.9 Å². The number of carbonyl (C=O) groups excluding carboxylic acids is 2. The number of benzene rings is 2. The number of carbonyl (C=O) groups is 2. The lowest BCUT2D eigenvalue weighted by molar-refractivity contribution is -0.153. The summed E-state index contributed by atoms with van der Waals surface area (Å²) in [4.78, 5) is 35.7. The van der Waals surface area contributed by atoms with Gasteiger partial charge in [0, 0.05) is 11.6 Å². The van der Waals surface area contributed by atoms with E-state index in [0.29, 0.717) is 21.9 Å². The van der Waals surface area contributed by atoms with Gasteiger partial charge in [-0.1, -0.05) is 30.3 Å². The lowest BCUT2D eigenvalue weighted by atomic mass is 10.1. The van der Waals surface area contributed by atoms with Crippen LogP contribution in [-0.2, 0) is 29.9 Å². The first-order chi connectivity index (χ1) is 18.5. The van der Waals surface area contributed by atoms with E-state index in [9.17, 15) is 18.0 Å². The molecule has 11 heteroatoms. The van der Waals surface area contributed by atoms with Gasteiger partial charge in [-0.25, -0.2) is 18.0 Å². The number of rotatable bonds is 7. The lowest BCUT2D eigenvalue weighted by Gasteiger charge is -2.32. The molecule has 0 fully saturated rings. The topological polar surface area (TPSA) is 121 Å². The van der Waals surface area contributed by atoms with Gasteiger partial charge in [0.05, 0.1) is 24.1 Å². The van der Waals surface area contributed by atoms with E-state index in [2.05, 4.69) is 4.98 Å². The Hall–Kier alpha value is -3.86. The highest BCUT2D eigenvalue weighted by Crippen LogP contribution is 2.29. The number of ether oxygens (including phenoxy) is 3. The van der Waals surface area contributed by atoms with Crippen molar-refractivity contribution in [2.45, 2.75) is 64.5 Å². The predicted molar refractivity (Wildman–Crippen MR) is 150 cm³/mol. The number of aromatic nitrogens is 1. The Labute approximate surface area is 235 Å². The van der Waals surface area contributed by atoms with Gasteiger partial charge in [0.1, 0.15) is 23.0 Å². The van der Waals surface area contributed by atoms with Crippen molar-refractivity contribution < 1.29 is 37.1 Å². The number of sulfone groups is 1. The van der Waals surface area contributed by atoms with Crippen LogP contribution in [0.4, 0.5) is 9.59 Å². The first-order valence-corrected chi connectivity index (χ1v) is 14.5. The summed E-state index contributed by atoms with van der Waals surface area (Å²) in [7, 11) is -2.42. The molecule has 0 aliphatic rings. The fourth-order valence-electron chi connectivity index (χ4n) is 3.76. The van der Waals surface area contributed by atoms with E-state index in [1.165, 1.54) is 13.3 Å². The maximum atomic E-state index is 13.6. The highest BCUT2D eigenvalue weighted by Gasteiger charge is 2.37. The van der Waals surface area contributed by atoms with Crippen molar-refractivity contribution >= 4 is 33.0 Å². The molecule has 1 heterocycles. The van der Waals surface area contributed by atoms with Crippen molar-refractivity contribution in [3.63, 3.8) is 0 Å². The Morgan fingerprint density at radius 2 is 1.55 bits per heavy atom. The van der Waals surface area contributed by atoms with Gasteiger partial charge in [0.2, 0.25) is 0 Å². The minimum absolute atomic E-state index is 0.355. The fourth-order valence-corrected chi connectivity index (χ4v) is 5.35. The van der Waals surface area contributed by atoms with Crippen LogP contribution in [0.2, 0.25) is 0 Å². The third-order valence-electron chi connectivity index (χ3n) is 5.36. The average Bonchev–Trinajstić information content (AvgIpc) is 2.83. The second-order valence-electron chi connectivity index (χ2n) is 11.2. The van der Waals surface area contributed by atoms with Crippen LogP contribution in [0.5, 0.6) is 5.75 Å². The first kappa shape index (κ1) is 30.7. The van der Waals surface area contributed by atoms with E-state index in [-0.39, 0.29) is 5.75 Å². The molecule has 1 atom stereocenters. The molecule has 0 bridgehead atoms. The predicted octanol–water partition coefficient (Wildman–Crippen LogP) is 6.00. The van der Waals surface area contributed by atoms with Crippen molar-refractivity contribution in [2.24, 2.45) is 0 Å². The second-order valence-corrected chi connectivity index (χ2v) is 13.4. The van der Waals surface area contributed by atoms with Gasteiger partial charge in [-0.2, -0.15) is 0 Å². The largest absolute Gasteiger partial charge is 0.534 e. The van der Waals surface area contributed by atoms with Gasteiger partial charge >= 0.3 is 12.2 Å². The van der Waals surface area contributed by atoms with Crippen molar-refractivity contribution in [3.05, 3.63) is 71.9 Å². The number of methoxy groups -OCH3 is 1. The number of nitrogens with zero attached hydrogens (tertiary/aromatic N) is 2. The summed E-state index contributed by atoms with van der Waals surface area (Å²) in [5.74, 6) is -0.426. The third-order valence-corrected chi connectivity index (χ3v) is 6.96. The number of pyridine rings is 1. The van der Waals surface area contributed by atoms with Crippen molar-refractivity contribution in [3.8, 4) is 5.75 Å². The van der Waals surface area contributed by atoms with Crippen LogP contribution in [0.1, 0.15) is 58.7 Å². The number of hydrogen-bond donors (Lipinski definition) is 0. The molecule has 1 unspecified atom stereocenters. The summed E-state index contributed by atoms with van der Waals surface area (Å²) in [6, 6.07) is 14.3. The van der Waals surface area contributed by atoms with E-state index in [1.807, 2.05) is 24.3 Å². The molecule has 2 aromatic carbocycles. The van der Waals surface area contributed by atoms with E-state index >= 15 is 0 Å². The average molecular weight is 573 g/mol. The summed E-state index contributed by atoms with van der Waals surface area (Å²) in [6.45, 7) is 9.83. The molecule has 1 aromatic heterocycles. The van der Waals surface area contributed by atoms with Crippen LogP contribution in [0.15, 0.2) is 60.8 Å². The Balaban J connectivity index is 2.01. The van der Waals surface area contributed by atoms with Gasteiger partial charge in [-0.3, -0.25) is 9.82 Å². The Bertz CT molecular complexity index is 1440. The molecule has 0 aliphatic carbocycles. The monoisotopic (exact) mass is 572 g/mol. The van der Waals surface area contributed by atoms with Crippen molar-refractivity contribution in [2.75, 3.05) is 12.9 Å². The Morgan fingerprint density at radius 3 is 2.15 bits per heavy atom. The highest BCUT2D eigenvalue weighted by molar-refractivity contribution is 7.90. The summed E-state index contributed by atoms with van der Waals surface area (Å²) in [6.07, 6.45) is -0.736. The molecule has 0 saturated heterocycles. The van der Waals surface area contributed by atoms with Gasteiger partial charge in [-0.05, 0) is 76.9 Å². The molecule has 40 heavy (non-hydrogen) atoms. The number of fused-ring (bicyclic) bond motifs is 1. The van der Waals surface area contributed by atoms with Crippen LogP contribution in [0, 0.1) is 0 Å². The quantitative estimate of drug-likeness (QED) is 0.248. The van der Waals surface area contributed by atoms with Crippen LogP contribution in [0.25, 0.3) is 10.9 Å². The lowest BCUT2D eigenvalue weighted by Crippen LogP contribution is -2.44. The van der Waals surface area contributed by atoms with E-state index in [0.717, 1.165) is 10.9 Å². The maximum absolute atomic E-state index is 13.6. The van der Waals surface area contributed by atoms with Crippen LogP contribution in [-0.4, -0.2) is 54.8 Å². The van der Waals surface area contributed by atoms with E-state index in [4.69, 9.17) is 19.0 Å². The zero-order valence-electron chi connectivity index (χ0n) is 23.8. The molecular weight excluding hydrogens is 536 g/mol. The second kappa shape index (κ2) is 12.1. The van der Waals surface area contributed by atoms with Gasteiger partial charge < -0.3 is 14.2 Å². The molecule has 216 valence electrons. The van der Waals surface area contributed by atoms with Gasteiger partial charge in [0.25, 0.3) is 0 Å². The molecule has 0 spiro atoms. The summed E-state index contributed by atoms with van der Waals surface area (Å²) >= 11 is 0. The normalized spacial score (nSPS) is 12.9. The zero-order chi connectivity index (χ0) is 29.7. The van der Waals surface area contributed by atoms with Gasteiger partial charge in [0.15, 0.2) is 9.84 Å². The SMILES string of the molecule is COc1ccc(C(CS(=O)(=O)Cc2cnc3ccccc3c2)N(OC(=O)OC(C)(C)C)C(=O)OC(C)(C)C)cc1. The summed E-state index contributed by atoms with van der Waals surface area (Å²) < 4.78 is 43.1. The zero-order valence-corrected chi connectivity index (χ0v) is 24.7. The van der Waals surface area contributed by atoms with E-state index < -0.39 is 45.1 Å². The molecule has 0 radical (unpaired) electrons. The number of hydroxylamine groups is 2. The van der Waals surface area contributed by atoms with Crippen molar-refractivity contribution in [1.82, 2.24) is 10.0 Å². The molecule has 0 saturated carbocycles. The maximum Gasteiger partial charge on any atom is 0.534 e. The first-order valence-electron chi connectivity index (χ1n) is 12.7. The van der Waals surface area contributed by atoms with Crippen LogP contribution >= 0.6 is 0 Å². The van der Waals surface area contributed by atoms with Crippen LogP contribution in [0.3, 0.4) is 0 Å². The fraction of sp³-hybridized carbons (Fsp3) is 0.414. The molecular formula is C29H36N2O8S. The van der Waals surface area contributed by atoms with Gasteiger partial charge in [-0.15, -0.1) is 5.06 Å². The number of hydrogen-bond acceptors (Lipinski definition) is 9. The molecule has 0 aliphatic heterocycles. The standard InChI is InChI=1S/C29H36N2O8S/c1-28(2,3)37-26(32)31(39-27(33)38-29(4,5)6)25(21-12-14-23(36-7)15-13-21)19-40(34,35)18-20-16-22-10-8-9-11-24(22)30-17-20/h8-17,25H,18-19H2,1-7H3. The summed E-state index contributed by atoms with van der Waals surface area (Å²) in [5, 5.41) is 1.42. The molecule has 3 rings (SSSR count). The van der Waals surface area contributed by atoms with Crippen molar-refractivity contribution in [1.29, 1.82) is 0 Å². The molecule has 0 N–H and O–H groups in total. The van der Waals surface area contributed by atoms with Crippen LogP contribution < -0.4 is 4.74 Å². The Morgan fingerprint density at radius 1 is 0.925 bits per heavy atom. The highest BCUT2D eigenvalue weighted by atomic mass is 32.2.